The molecule has 3 aromatic heterocycles. The van der Waals surface area contributed by atoms with E-state index in [4.69, 9.17) is 9.51 Å². The predicted molar refractivity (Wildman–Crippen MR) is 111 cm³/mol. The summed E-state index contributed by atoms with van der Waals surface area (Å²) in [5.74, 6) is 1.34. The number of hydrogen-bond donors (Lipinski definition) is 0. The molecule has 1 aromatic carbocycles. The molecule has 0 radical (unpaired) electrons. The van der Waals surface area contributed by atoms with E-state index in [0.717, 1.165) is 42.8 Å². The van der Waals surface area contributed by atoms with Crippen molar-refractivity contribution in [3.05, 3.63) is 62.9 Å². The van der Waals surface area contributed by atoms with Gasteiger partial charge in [-0.3, -0.25) is 9.36 Å². The highest BCUT2D eigenvalue weighted by Gasteiger charge is 2.16. The molecule has 0 bridgehead atoms. The lowest BCUT2D eigenvalue weighted by molar-refractivity contribution is 0.426. The Balaban J connectivity index is 1.63. The van der Waals surface area contributed by atoms with Crippen molar-refractivity contribution in [2.75, 3.05) is 0 Å². The van der Waals surface area contributed by atoms with E-state index in [2.05, 4.69) is 5.16 Å². The van der Waals surface area contributed by atoms with Gasteiger partial charge in [0.05, 0.1) is 11.1 Å². The van der Waals surface area contributed by atoms with Crippen LogP contribution < -0.4 is 5.56 Å². The van der Waals surface area contributed by atoms with Crippen molar-refractivity contribution >= 4 is 33.3 Å². The summed E-state index contributed by atoms with van der Waals surface area (Å²) in [7, 11) is 0. The summed E-state index contributed by atoms with van der Waals surface area (Å²) in [6.07, 6.45) is 0. The van der Waals surface area contributed by atoms with E-state index in [1.165, 1.54) is 11.8 Å². The van der Waals surface area contributed by atoms with E-state index in [0.29, 0.717) is 12.3 Å². The highest BCUT2D eigenvalue weighted by atomic mass is 32.2. The largest absolute Gasteiger partial charge is 0.356 e. The second-order valence-electron chi connectivity index (χ2n) is 6.24. The van der Waals surface area contributed by atoms with E-state index in [9.17, 15) is 4.79 Å². The summed E-state index contributed by atoms with van der Waals surface area (Å²) in [6.45, 7) is 6.58. The molecular formula is C20H19N3O2S2. The first kappa shape index (κ1) is 18.0. The number of nitrogens with zero attached hydrogens (tertiary/aromatic N) is 3. The lowest BCUT2D eigenvalue weighted by atomic mass is 10.2. The zero-order valence-corrected chi connectivity index (χ0v) is 17.0. The van der Waals surface area contributed by atoms with Gasteiger partial charge in [-0.15, -0.1) is 11.3 Å². The van der Waals surface area contributed by atoms with Crippen LogP contribution >= 0.6 is 23.1 Å². The molecule has 0 atom stereocenters. The number of aryl methyl sites for hydroxylation is 2. The Morgan fingerprint density at radius 1 is 1.22 bits per heavy atom. The average Bonchev–Trinajstić information content (AvgIpc) is 3.26. The van der Waals surface area contributed by atoms with E-state index in [1.807, 2.05) is 57.2 Å². The molecule has 4 rings (SSSR count). The minimum Gasteiger partial charge on any atom is -0.356 e. The average molecular weight is 398 g/mol. The van der Waals surface area contributed by atoms with Gasteiger partial charge in [-0.1, -0.05) is 47.3 Å². The van der Waals surface area contributed by atoms with Crippen LogP contribution in [0.1, 0.15) is 23.1 Å². The summed E-state index contributed by atoms with van der Waals surface area (Å²) in [4.78, 5) is 19.6. The molecule has 0 amide bonds. The molecule has 0 fully saturated rings. The second-order valence-corrected chi connectivity index (χ2v) is 8.39. The summed E-state index contributed by atoms with van der Waals surface area (Å²) in [6, 6.07) is 11.8. The van der Waals surface area contributed by atoms with E-state index < -0.39 is 0 Å². The first-order valence-electron chi connectivity index (χ1n) is 8.72. The summed E-state index contributed by atoms with van der Waals surface area (Å²) in [5, 5.41) is 5.63. The second kappa shape index (κ2) is 7.32. The van der Waals surface area contributed by atoms with Crippen LogP contribution in [0.25, 0.3) is 21.5 Å². The van der Waals surface area contributed by atoms with Crippen LogP contribution in [0.3, 0.4) is 0 Å². The van der Waals surface area contributed by atoms with Crippen molar-refractivity contribution in [3.63, 3.8) is 0 Å². The van der Waals surface area contributed by atoms with Crippen molar-refractivity contribution in [1.29, 1.82) is 0 Å². The third kappa shape index (κ3) is 3.33. The molecule has 0 aliphatic rings. The molecule has 5 nitrogen and oxygen atoms in total. The van der Waals surface area contributed by atoms with Crippen molar-refractivity contribution < 1.29 is 4.52 Å². The van der Waals surface area contributed by atoms with Gasteiger partial charge in [0.1, 0.15) is 4.83 Å². The van der Waals surface area contributed by atoms with Crippen LogP contribution in [0, 0.1) is 13.8 Å². The molecule has 0 saturated carbocycles. The maximum Gasteiger partial charge on any atom is 0.263 e. The Hall–Kier alpha value is -2.38. The lowest BCUT2D eigenvalue weighted by Gasteiger charge is -2.09. The maximum atomic E-state index is 12.9. The minimum absolute atomic E-state index is 0.0389. The molecule has 4 aromatic rings. The summed E-state index contributed by atoms with van der Waals surface area (Å²) >= 11 is 3.09. The van der Waals surface area contributed by atoms with Gasteiger partial charge in [-0.05, 0) is 26.3 Å². The zero-order chi connectivity index (χ0) is 19.0. The molecule has 7 heteroatoms. The first-order valence-corrected chi connectivity index (χ1v) is 10.5. The number of aromatic nitrogens is 3. The molecule has 0 aliphatic carbocycles. The molecule has 0 saturated heterocycles. The van der Waals surface area contributed by atoms with Crippen LogP contribution in [-0.4, -0.2) is 14.7 Å². The minimum atomic E-state index is 0.0389. The fourth-order valence-corrected chi connectivity index (χ4v) is 4.97. The van der Waals surface area contributed by atoms with Gasteiger partial charge in [0.25, 0.3) is 5.56 Å². The molecule has 0 unspecified atom stereocenters. The number of thioether (sulfide) groups is 1. The van der Waals surface area contributed by atoms with Crippen LogP contribution in [0.2, 0.25) is 0 Å². The Kier molecular flexibility index (Phi) is 4.88. The Morgan fingerprint density at radius 3 is 2.74 bits per heavy atom. The van der Waals surface area contributed by atoms with E-state index in [-0.39, 0.29) is 5.56 Å². The van der Waals surface area contributed by atoms with Crippen molar-refractivity contribution in [2.45, 2.75) is 38.2 Å². The number of rotatable bonds is 5. The number of thiophene rings is 1. The monoisotopic (exact) mass is 397 g/mol. The van der Waals surface area contributed by atoms with Gasteiger partial charge in [0.2, 0.25) is 0 Å². The predicted octanol–water partition coefficient (Wildman–Crippen LogP) is 5.04. The first-order chi connectivity index (χ1) is 13.1. The number of benzene rings is 1. The van der Waals surface area contributed by atoms with Crippen LogP contribution in [0.4, 0.5) is 0 Å². The van der Waals surface area contributed by atoms with Gasteiger partial charge in [-0.2, -0.15) is 0 Å². The molecule has 0 spiro atoms. The molecule has 138 valence electrons. The van der Waals surface area contributed by atoms with Gasteiger partial charge in [0, 0.05) is 28.8 Å². The zero-order valence-electron chi connectivity index (χ0n) is 15.4. The topological polar surface area (TPSA) is 60.9 Å². The standard InChI is InChI=1S/C20H19N3O2S2/c1-4-23-19(24)17-12(2)13(3)27-18(17)21-20(23)26-11-15-10-16(25-22-15)14-8-6-5-7-9-14/h5-10H,4,11H2,1-3H3. The SMILES string of the molecule is CCn1c(SCc2cc(-c3ccccc3)on2)nc2sc(C)c(C)c2c1=O. The van der Waals surface area contributed by atoms with Crippen molar-refractivity contribution in [2.24, 2.45) is 0 Å². The smallest absolute Gasteiger partial charge is 0.263 e. The third-order valence-corrected chi connectivity index (χ3v) is 6.65. The van der Waals surface area contributed by atoms with E-state index in [1.54, 1.807) is 15.9 Å². The highest BCUT2D eigenvalue weighted by molar-refractivity contribution is 7.98. The molecule has 3 heterocycles. The number of hydrogen-bond acceptors (Lipinski definition) is 6. The van der Waals surface area contributed by atoms with Crippen molar-refractivity contribution in [3.8, 4) is 11.3 Å². The quantitative estimate of drug-likeness (QED) is 0.349. The van der Waals surface area contributed by atoms with Gasteiger partial charge in [-0.25, -0.2) is 4.98 Å². The Morgan fingerprint density at radius 2 is 2.00 bits per heavy atom. The summed E-state index contributed by atoms with van der Waals surface area (Å²) in [5.41, 5.74) is 2.90. The molecule has 27 heavy (non-hydrogen) atoms. The third-order valence-electron chi connectivity index (χ3n) is 4.54. The lowest BCUT2D eigenvalue weighted by Crippen LogP contribution is -2.22. The van der Waals surface area contributed by atoms with Gasteiger partial charge in [0.15, 0.2) is 10.9 Å². The fourth-order valence-electron chi connectivity index (χ4n) is 2.95. The van der Waals surface area contributed by atoms with Crippen LogP contribution in [0.15, 0.2) is 50.9 Å². The Labute approximate surface area is 165 Å². The van der Waals surface area contributed by atoms with Crippen LogP contribution in [-0.2, 0) is 12.3 Å². The molecular weight excluding hydrogens is 378 g/mol. The molecule has 0 aliphatic heterocycles. The van der Waals surface area contributed by atoms with E-state index >= 15 is 0 Å². The normalized spacial score (nSPS) is 11.4. The Bertz CT molecular complexity index is 1160. The van der Waals surface area contributed by atoms with Crippen LogP contribution in [0.5, 0.6) is 0 Å². The molecule has 0 N–H and O–H groups in total. The fraction of sp³-hybridized carbons (Fsp3) is 0.250. The van der Waals surface area contributed by atoms with Gasteiger partial charge < -0.3 is 4.52 Å². The van der Waals surface area contributed by atoms with Gasteiger partial charge >= 0.3 is 0 Å². The van der Waals surface area contributed by atoms with Crippen molar-refractivity contribution in [1.82, 2.24) is 14.7 Å². The maximum absolute atomic E-state index is 12.9. The number of fused-ring (bicyclic) bond motifs is 1. The highest BCUT2D eigenvalue weighted by Crippen LogP contribution is 2.30. The summed E-state index contributed by atoms with van der Waals surface area (Å²) < 4.78 is 7.20.